The number of hydrogen-bond acceptors (Lipinski definition) is 5. The van der Waals surface area contributed by atoms with Crippen LogP contribution in [0.15, 0.2) is 70.0 Å². The van der Waals surface area contributed by atoms with Crippen molar-refractivity contribution in [2.75, 3.05) is 0 Å². The molecule has 5 rings (SSSR count). The second-order valence-corrected chi connectivity index (χ2v) is 8.18. The molecule has 6 nitrogen and oxygen atoms in total. The average molecular weight is 414 g/mol. The Balaban J connectivity index is 1.63. The van der Waals surface area contributed by atoms with Crippen molar-refractivity contribution in [3.8, 4) is 11.1 Å². The number of nitrogens with zero attached hydrogens (tertiary/aromatic N) is 4. The molecule has 0 N–H and O–H groups in total. The van der Waals surface area contributed by atoms with E-state index in [4.69, 9.17) is 0 Å². The minimum Gasteiger partial charge on any atom is -0.293 e. The zero-order valence-corrected chi connectivity index (χ0v) is 17.3. The Kier molecular flexibility index (Phi) is 4.33. The lowest BCUT2D eigenvalue weighted by atomic mass is 10.0. The van der Waals surface area contributed by atoms with E-state index < -0.39 is 0 Å². The molecule has 4 heterocycles. The highest BCUT2D eigenvalue weighted by molar-refractivity contribution is 7.17. The molecule has 0 radical (unpaired) electrons. The second kappa shape index (κ2) is 7.03. The predicted octanol–water partition coefficient (Wildman–Crippen LogP) is 3.80. The monoisotopic (exact) mass is 414 g/mol. The van der Waals surface area contributed by atoms with Crippen molar-refractivity contribution in [1.82, 2.24) is 18.9 Å². The highest BCUT2D eigenvalue weighted by Crippen LogP contribution is 2.31. The molecule has 0 amide bonds. The number of hydrogen-bond donors (Lipinski definition) is 0. The molecule has 30 heavy (non-hydrogen) atoms. The summed E-state index contributed by atoms with van der Waals surface area (Å²) in [6.07, 6.45) is 3.20. The van der Waals surface area contributed by atoms with Gasteiger partial charge in [-0.25, -0.2) is 9.97 Å². The van der Waals surface area contributed by atoms with Gasteiger partial charge in [0.25, 0.3) is 11.1 Å². The summed E-state index contributed by atoms with van der Waals surface area (Å²) in [4.78, 5) is 35.4. The molecule has 0 aliphatic heterocycles. The van der Waals surface area contributed by atoms with Crippen LogP contribution in [0.2, 0.25) is 0 Å². The Labute approximate surface area is 175 Å². The van der Waals surface area contributed by atoms with Gasteiger partial charge in [0.2, 0.25) is 0 Å². The van der Waals surface area contributed by atoms with E-state index in [9.17, 15) is 9.59 Å². The maximum atomic E-state index is 13.3. The van der Waals surface area contributed by atoms with E-state index in [1.807, 2.05) is 17.5 Å². The maximum absolute atomic E-state index is 13.3. The number of rotatable bonds is 3. The number of thiophene rings is 1. The minimum atomic E-state index is -0.177. The number of fused-ring (bicyclic) bond motifs is 2. The molecule has 7 heteroatoms. The van der Waals surface area contributed by atoms with Crippen LogP contribution in [0.5, 0.6) is 0 Å². The van der Waals surface area contributed by atoms with Crippen molar-refractivity contribution < 1.29 is 0 Å². The molecule has 0 aliphatic carbocycles. The maximum Gasteiger partial charge on any atom is 0.263 e. The highest BCUT2D eigenvalue weighted by atomic mass is 32.1. The first kappa shape index (κ1) is 18.4. The van der Waals surface area contributed by atoms with Crippen LogP contribution in [0.4, 0.5) is 0 Å². The quantitative estimate of drug-likeness (QED) is 0.450. The number of aromatic nitrogens is 4. The summed E-state index contributed by atoms with van der Waals surface area (Å²) < 4.78 is 2.99. The van der Waals surface area contributed by atoms with Gasteiger partial charge in [0.05, 0.1) is 24.0 Å². The van der Waals surface area contributed by atoms with Gasteiger partial charge in [-0.05, 0) is 42.7 Å². The SMILES string of the molecule is Cc1ccc(-c2csc3ncn(Cc4cc(=O)n5ccccc5n4)c(=O)c23)cc1C. The highest BCUT2D eigenvalue weighted by Gasteiger charge is 2.14. The summed E-state index contributed by atoms with van der Waals surface area (Å²) in [6, 6.07) is 13.0. The molecule has 4 aromatic heterocycles. The smallest absolute Gasteiger partial charge is 0.263 e. The van der Waals surface area contributed by atoms with E-state index in [1.165, 1.54) is 43.8 Å². The fourth-order valence-corrected chi connectivity index (χ4v) is 4.47. The molecule has 0 atom stereocenters. The first-order chi connectivity index (χ1) is 14.5. The minimum absolute atomic E-state index is 0.135. The Morgan fingerprint density at radius 1 is 1.03 bits per heavy atom. The molecule has 0 bridgehead atoms. The third-order valence-corrected chi connectivity index (χ3v) is 6.22. The standard InChI is InChI=1S/C23H18N4O2S/c1-14-6-7-16(9-15(14)2)18-12-30-22-21(18)23(29)26(13-24-22)11-17-10-20(28)27-8-4-3-5-19(27)25-17/h3-10,12-13H,11H2,1-2H3. The second-order valence-electron chi connectivity index (χ2n) is 7.32. The van der Waals surface area contributed by atoms with Gasteiger partial charge in [0.15, 0.2) is 0 Å². The van der Waals surface area contributed by atoms with Gasteiger partial charge in [-0.15, -0.1) is 11.3 Å². The van der Waals surface area contributed by atoms with Crippen molar-refractivity contribution in [1.29, 1.82) is 0 Å². The average Bonchev–Trinajstić information content (AvgIpc) is 3.17. The van der Waals surface area contributed by atoms with E-state index in [0.29, 0.717) is 21.6 Å². The van der Waals surface area contributed by atoms with Crippen LogP contribution in [0, 0.1) is 13.8 Å². The summed E-state index contributed by atoms with van der Waals surface area (Å²) in [7, 11) is 0. The van der Waals surface area contributed by atoms with E-state index in [1.54, 1.807) is 18.3 Å². The van der Waals surface area contributed by atoms with Crippen LogP contribution in [0.3, 0.4) is 0 Å². The van der Waals surface area contributed by atoms with Crippen LogP contribution >= 0.6 is 11.3 Å². The summed E-state index contributed by atoms with van der Waals surface area (Å²) in [6.45, 7) is 4.32. The van der Waals surface area contributed by atoms with Crippen molar-refractivity contribution in [3.05, 3.63) is 97.9 Å². The van der Waals surface area contributed by atoms with Gasteiger partial charge in [-0.1, -0.05) is 24.3 Å². The number of pyridine rings is 1. The van der Waals surface area contributed by atoms with Crippen LogP contribution in [0.1, 0.15) is 16.8 Å². The summed E-state index contributed by atoms with van der Waals surface area (Å²) in [5, 5.41) is 2.58. The van der Waals surface area contributed by atoms with Crippen LogP contribution in [0.25, 0.3) is 27.0 Å². The van der Waals surface area contributed by atoms with Gasteiger partial charge >= 0.3 is 0 Å². The van der Waals surface area contributed by atoms with Gasteiger partial charge in [-0.2, -0.15) is 0 Å². The molecule has 5 aromatic rings. The summed E-state index contributed by atoms with van der Waals surface area (Å²) in [5.41, 5.74) is 5.04. The van der Waals surface area contributed by atoms with Crippen LogP contribution < -0.4 is 11.1 Å². The number of aryl methyl sites for hydroxylation is 2. The van der Waals surface area contributed by atoms with Gasteiger partial charge in [0.1, 0.15) is 10.5 Å². The molecule has 0 spiro atoms. The first-order valence-electron chi connectivity index (χ1n) is 9.53. The van der Waals surface area contributed by atoms with Crippen LogP contribution in [-0.4, -0.2) is 18.9 Å². The van der Waals surface area contributed by atoms with E-state index >= 15 is 0 Å². The Hall–Kier alpha value is -3.58. The number of benzene rings is 1. The topological polar surface area (TPSA) is 69.3 Å². The lowest BCUT2D eigenvalue weighted by Crippen LogP contribution is -2.23. The molecule has 1 aromatic carbocycles. The largest absolute Gasteiger partial charge is 0.293 e. The van der Waals surface area contributed by atoms with E-state index in [0.717, 1.165) is 11.1 Å². The molecule has 0 aliphatic rings. The lowest BCUT2D eigenvalue weighted by Gasteiger charge is -2.08. The van der Waals surface area contributed by atoms with E-state index in [-0.39, 0.29) is 17.7 Å². The molecular weight excluding hydrogens is 396 g/mol. The third-order valence-electron chi connectivity index (χ3n) is 5.34. The van der Waals surface area contributed by atoms with Crippen molar-refractivity contribution in [2.24, 2.45) is 0 Å². The summed E-state index contributed by atoms with van der Waals surface area (Å²) >= 11 is 1.46. The predicted molar refractivity (Wildman–Crippen MR) is 119 cm³/mol. The fraction of sp³-hybridized carbons (Fsp3) is 0.130. The van der Waals surface area contributed by atoms with E-state index in [2.05, 4.69) is 35.9 Å². The fourth-order valence-electron chi connectivity index (χ4n) is 3.56. The van der Waals surface area contributed by atoms with Gasteiger partial charge in [-0.3, -0.25) is 18.6 Å². The lowest BCUT2D eigenvalue weighted by molar-refractivity contribution is 0.727. The van der Waals surface area contributed by atoms with Crippen molar-refractivity contribution >= 4 is 27.2 Å². The van der Waals surface area contributed by atoms with Crippen molar-refractivity contribution in [3.63, 3.8) is 0 Å². The zero-order valence-electron chi connectivity index (χ0n) is 16.5. The third kappa shape index (κ3) is 3.04. The zero-order chi connectivity index (χ0) is 20.8. The Morgan fingerprint density at radius 3 is 2.73 bits per heavy atom. The molecule has 148 valence electrons. The normalized spacial score (nSPS) is 11.4. The Bertz CT molecular complexity index is 1540. The van der Waals surface area contributed by atoms with Crippen LogP contribution in [-0.2, 0) is 6.54 Å². The van der Waals surface area contributed by atoms with Gasteiger partial charge in [0, 0.05) is 23.2 Å². The molecule has 0 unspecified atom stereocenters. The summed E-state index contributed by atoms with van der Waals surface area (Å²) in [5.74, 6) is 0. The molecule has 0 saturated heterocycles. The first-order valence-corrected chi connectivity index (χ1v) is 10.4. The van der Waals surface area contributed by atoms with Crippen molar-refractivity contribution in [2.45, 2.75) is 20.4 Å². The van der Waals surface area contributed by atoms with Gasteiger partial charge < -0.3 is 0 Å². The molecule has 0 saturated carbocycles. The molecular formula is C23H18N4O2S. The Morgan fingerprint density at radius 2 is 1.90 bits per heavy atom. The molecule has 0 fully saturated rings.